The van der Waals surface area contributed by atoms with E-state index < -0.39 is 0 Å². The van der Waals surface area contributed by atoms with E-state index in [2.05, 4.69) is 18.3 Å². The molecule has 0 fully saturated rings. The maximum Gasteiger partial charge on any atom is 0.162 e. The number of anilines is 1. The summed E-state index contributed by atoms with van der Waals surface area (Å²) in [6.45, 7) is 2.96. The molecule has 2 aromatic carbocycles. The molecule has 1 aliphatic carbocycles. The second-order valence-electron chi connectivity index (χ2n) is 6.22. The largest absolute Gasteiger partial charge is 0.508 e. The molecular formula is C20H25NO3. The lowest BCUT2D eigenvalue weighted by atomic mass is 9.79. The maximum atomic E-state index is 9.67. The van der Waals surface area contributed by atoms with Crippen LogP contribution in [0, 0.1) is 0 Å². The lowest BCUT2D eigenvalue weighted by molar-refractivity contribution is 0.354. The van der Waals surface area contributed by atoms with E-state index in [1.807, 2.05) is 18.2 Å². The second kappa shape index (κ2) is 7.04. The molecule has 1 unspecified atom stereocenters. The zero-order chi connectivity index (χ0) is 17.1. The van der Waals surface area contributed by atoms with Crippen LogP contribution < -0.4 is 14.8 Å². The van der Waals surface area contributed by atoms with Crippen molar-refractivity contribution in [1.82, 2.24) is 0 Å². The number of aromatic hydroxyl groups is 1. The summed E-state index contributed by atoms with van der Waals surface area (Å²) in [6.07, 6.45) is 3.02. The number of ether oxygens (including phenoxy) is 2. The van der Waals surface area contributed by atoms with Gasteiger partial charge in [-0.25, -0.2) is 0 Å². The lowest BCUT2D eigenvalue weighted by Crippen LogP contribution is -2.15. The third-order valence-electron chi connectivity index (χ3n) is 4.78. The van der Waals surface area contributed by atoms with Crippen LogP contribution in [0.3, 0.4) is 0 Å². The van der Waals surface area contributed by atoms with E-state index in [9.17, 15) is 5.11 Å². The van der Waals surface area contributed by atoms with Crippen molar-refractivity contribution in [2.75, 3.05) is 26.1 Å². The number of nitrogens with one attached hydrogen (secondary N) is 1. The molecule has 4 heteroatoms. The van der Waals surface area contributed by atoms with Gasteiger partial charge in [0.15, 0.2) is 11.5 Å². The predicted molar refractivity (Wildman–Crippen MR) is 96.6 cm³/mol. The molecule has 0 spiro atoms. The molecule has 0 aromatic heterocycles. The Balaban J connectivity index is 1.97. The van der Waals surface area contributed by atoms with E-state index in [4.69, 9.17) is 9.47 Å². The van der Waals surface area contributed by atoms with Crippen LogP contribution in [0.15, 0.2) is 30.3 Å². The number of benzene rings is 2. The summed E-state index contributed by atoms with van der Waals surface area (Å²) in [5.41, 5.74) is 4.97. The van der Waals surface area contributed by atoms with Crippen molar-refractivity contribution >= 4 is 5.69 Å². The fourth-order valence-corrected chi connectivity index (χ4v) is 3.58. The van der Waals surface area contributed by atoms with Crippen LogP contribution in [0.2, 0.25) is 0 Å². The van der Waals surface area contributed by atoms with E-state index in [0.717, 1.165) is 43.0 Å². The van der Waals surface area contributed by atoms with Crippen molar-refractivity contribution < 1.29 is 14.6 Å². The Kier molecular flexibility index (Phi) is 4.84. The Labute approximate surface area is 143 Å². The van der Waals surface area contributed by atoms with Gasteiger partial charge in [0.2, 0.25) is 0 Å². The molecule has 4 nitrogen and oxygen atoms in total. The van der Waals surface area contributed by atoms with E-state index in [1.165, 1.54) is 16.7 Å². The van der Waals surface area contributed by atoms with Gasteiger partial charge in [-0.15, -0.1) is 0 Å². The summed E-state index contributed by atoms with van der Waals surface area (Å²) in [5.74, 6) is 2.30. The molecule has 0 heterocycles. The van der Waals surface area contributed by atoms with Crippen LogP contribution in [-0.4, -0.2) is 25.9 Å². The number of hydrogen-bond donors (Lipinski definition) is 2. The standard InChI is InChI=1S/C20H25NO3/c1-4-21-18-12-20(24-3)19(23-2)11-17(18)15-6-5-14-10-16(22)8-7-13(14)9-15/h7-8,10-12,15,21-22H,4-6,9H2,1-3H3. The average molecular weight is 327 g/mol. The van der Waals surface area contributed by atoms with Gasteiger partial charge in [-0.2, -0.15) is 0 Å². The van der Waals surface area contributed by atoms with Crippen molar-refractivity contribution in [1.29, 1.82) is 0 Å². The van der Waals surface area contributed by atoms with Crippen LogP contribution in [-0.2, 0) is 12.8 Å². The van der Waals surface area contributed by atoms with Crippen molar-refractivity contribution in [3.05, 3.63) is 47.0 Å². The van der Waals surface area contributed by atoms with Crippen LogP contribution in [0.4, 0.5) is 5.69 Å². The summed E-state index contributed by atoms with van der Waals surface area (Å²) >= 11 is 0. The Morgan fingerprint density at radius 1 is 1.08 bits per heavy atom. The molecule has 0 saturated carbocycles. The number of phenolic OH excluding ortho intramolecular Hbond substituents is 1. The fourth-order valence-electron chi connectivity index (χ4n) is 3.58. The van der Waals surface area contributed by atoms with E-state index in [0.29, 0.717) is 11.7 Å². The summed E-state index contributed by atoms with van der Waals surface area (Å²) < 4.78 is 10.9. The highest BCUT2D eigenvalue weighted by molar-refractivity contribution is 5.62. The van der Waals surface area contributed by atoms with Gasteiger partial charge >= 0.3 is 0 Å². The molecule has 2 aromatic rings. The van der Waals surface area contributed by atoms with Crippen molar-refractivity contribution in [3.8, 4) is 17.2 Å². The summed E-state index contributed by atoms with van der Waals surface area (Å²) in [5, 5.41) is 13.1. The fraction of sp³-hybridized carbons (Fsp3) is 0.400. The quantitative estimate of drug-likeness (QED) is 0.867. The number of phenols is 1. The predicted octanol–water partition coefficient (Wildman–Crippen LogP) is 4.11. The van der Waals surface area contributed by atoms with Gasteiger partial charge in [-0.05, 0) is 67.0 Å². The van der Waals surface area contributed by atoms with Gasteiger partial charge < -0.3 is 19.9 Å². The van der Waals surface area contributed by atoms with Crippen LogP contribution in [0.25, 0.3) is 0 Å². The Morgan fingerprint density at radius 3 is 2.54 bits per heavy atom. The minimum absolute atomic E-state index is 0.353. The molecule has 0 saturated heterocycles. The summed E-state index contributed by atoms with van der Waals surface area (Å²) in [7, 11) is 3.34. The summed E-state index contributed by atoms with van der Waals surface area (Å²) in [4.78, 5) is 0. The zero-order valence-electron chi connectivity index (χ0n) is 14.6. The molecule has 24 heavy (non-hydrogen) atoms. The zero-order valence-corrected chi connectivity index (χ0v) is 14.6. The normalized spacial score (nSPS) is 16.4. The highest BCUT2D eigenvalue weighted by Crippen LogP contribution is 2.42. The Hall–Kier alpha value is -2.36. The van der Waals surface area contributed by atoms with Crippen LogP contribution in [0.1, 0.15) is 36.0 Å². The first kappa shape index (κ1) is 16.5. The molecule has 0 radical (unpaired) electrons. The van der Waals surface area contributed by atoms with Crippen LogP contribution >= 0.6 is 0 Å². The van der Waals surface area contributed by atoms with E-state index in [1.54, 1.807) is 20.3 Å². The molecule has 3 rings (SSSR count). The van der Waals surface area contributed by atoms with E-state index in [-0.39, 0.29) is 0 Å². The second-order valence-corrected chi connectivity index (χ2v) is 6.22. The van der Waals surface area contributed by atoms with Gasteiger partial charge in [0.25, 0.3) is 0 Å². The van der Waals surface area contributed by atoms with Gasteiger partial charge in [0.1, 0.15) is 5.75 Å². The topological polar surface area (TPSA) is 50.7 Å². The Morgan fingerprint density at radius 2 is 1.83 bits per heavy atom. The van der Waals surface area contributed by atoms with Crippen molar-refractivity contribution in [2.24, 2.45) is 0 Å². The van der Waals surface area contributed by atoms with Gasteiger partial charge in [-0.1, -0.05) is 6.07 Å². The molecule has 0 aliphatic heterocycles. The first-order valence-electron chi connectivity index (χ1n) is 8.46. The SMILES string of the molecule is CCNc1cc(OC)c(OC)cc1C1CCc2cc(O)ccc2C1. The summed E-state index contributed by atoms with van der Waals surface area (Å²) in [6, 6.07) is 9.85. The van der Waals surface area contributed by atoms with Crippen molar-refractivity contribution in [2.45, 2.75) is 32.1 Å². The highest BCUT2D eigenvalue weighted by Gasteiger charge is 2.24. The van der Waals surface area contributed by atoms with E-state index >= 15 is 0 Å². The molecule has 0 bridgehead atoms. The third-order valence-corrected chi connectivity index (χ3v) is 4.78. The first-order valence-corrected chi connectivity index (χ1v) is 8.46. The molecule has 0 amide bonds. The number of rotatable bonds is 5. The average Bonchev–Trinajstić information content (AvgIpc) is 2.61. The third kappa shape index (κ3) is 3.14. The number of hydrogen-bond acceptors (Lipinski definition) is 4. The lowest BCUT2D eigenvalue weighted by Gasteiger charge is -2.28. The number of aryl methyl sites for hydroxylation is 1. The number of methoxy groups -OCH3 is 2. The van der Waals surface area contributed by atoms with Gasteiger partial charge in [0, 0.05) is 18.3 Å². The highest BCUT2D eigenvalue weighted by atomic mass is 16.5. The van der Waals surface area contributed by atoms with Crippen molar-refractivity contribution in [3.63, 3.8) is 0 Å². The van der Waals surface area contributed by atoms with Gasteiger partial charge in [-0.3, -0.25) is 0 Å². The first-order chi connectivity index (χ1) is 11.7. The minimum atomic E-state index is 0.353. The minimum Gasteiger partial charge on any atom is -0.508 e. The molecular weight excluding hydrogens is 302 g/mol. The maximum absolute atomic E-state index is 9.67. The molecule has 1 atom stereocenters. The molecule has 1 aliphatic rings. The number of fused-ring (bicyclic) bond motifs is 1. The Bertz CT molecular complexity index is 727. The molecule has 2 N–H and O–H groups in total. The smallest absolute Gasteiger partial charge is 0.162 e. The monoisotopic (exact) mass is 327 g/mol. The van der Waals surface area contributed by atoms with Crippen LogP contribution in [0.5, 0.6) is 17.2 Å². The van der Waals surface area contributed by atoms with Gasteiger partial charge in [0.05, 0.1) is 14.2 Å². The molecule has 128 valence electrons.